The van der Waals surface area contributed by atoms with Crippen molar-refractivity contribution < 1.29 is 9.47 Å². The Bertz CT molecular complexity index is 1280. The molecule has 0 amide bonds. The molecule has 1 aliphatic heterocycles. The first-order chi connectivity index (χ1) is 17.6. The Morgan fingerprint density at radius 2 is 1.89 bits per heavy atom. The van der Waals surface area contributed by atoms with Gasteiger partial charge in [0.1, 0.15) is 0 Å². The van der Waals surface area contributed by atoms with Gasteiger partial charge in [0, 0.05) is 17.8 Å². The molecule has 0 fully saturated rings. The fourth-order valence-corrected chi connectivity index (χ4v) is 5.80. The molecule has 3 aromatic carbocycles. The Morgan fingerprint density at radius 1 is 1.06 bits per heavy atom. The molecule has 5 rings (SSSR count). The van der Waals surface area contributed by atoms with Crippen LogP contribution in [0.3, 0.4) is 0 Å². The number of benzene rings is 3. The third-order valence-corrected chi connectivity index (χ3v) is 7.50. The van der Waals surface area contributed by atoms with Crippen molar-refractivity contribution in [3.63, 3.8) is 0 Å². The first-order valence-corrected chi connectivity index (χ1v) is 13.6. The average molecular weight is 546 g/mol. The van der Waals surface area contributed by atoms with Gasteiger partial charge in [-0.05, 0) is 95.6 Å². The van der Waals surface area contributed by atoms with Gasteiger partial charge in [-0.2, -0.15) is 0 Å². The number of rotatable bonds is 8. The minimum atomic E-state index is 0.290. The SMILES string of the molecule is CCCOc1c(Br)cc(C=Nc2ccc([C@@H]3Nc4ccc(C)cc4[C@@H]4C=CC[C@H]43)cc2)cc1OCC. The molecule has 1 N–H and O–H groups in total. The van der Waals surface area contributed by atoms with Crippen LogP contribution in [-0.4, -0.2) is 19.4 Å². The van der Waals surface area contributed by atoms with Crippen LogP contribution in [0.4, 0.5) is 11.4 Å². The lowest BCUT2D eigenvalue weighted by molar-refractivity contribution is 0.275. The monoisotopic (exact) mass is 544 g/mol. The third kappa shape index (κ3) is 5.08. The summed E-state index contributed by atoms with van der Waals surface area (Å²) in [4.78, 5) is 4.73. The van der Waals surface area contributed by atoms with Gasteiger partial charge in [0.2, 0.25) is 0 Å². The van der Waals surface area contributed by atoms with Crippen LogP contribution in [0.2, 0.25) is 0 Å². The summed E-state index contributed by atoms with van der Waals surface area (Å²) < 4.78 is 12.6. The number of aryl methyl sites for hydroxylation is 1. The molecule has 3 aromatic rings. The van der Waals surface area contributed by atoms with Crippen LogP contribution in [0.25, 0.3) is 0 Å². The fourth-order valence-electron chi connectivity index (χ4n) is 5.23. The predicted molar refractivity (Wildman–Crippen MR) is 152 cm³/mol. The molecule has 186 valence electrons. The van der Waals surface area contributed by atoms with Crippen molar-refractivity contribution in [3.05, 3.63) is 93.5 Å². The number of fused-ring (bicyclic) bond motifs is 3. The fraction of sp³-hybridized carbons (Fsp3) is 0.323. The van der Waals surface area contributed by atoms with E-state index in [0.29, 0.717) is 31.1 Å². The number of halogens is 1. The first-order valence-electron chi connectivity index (χ1n) is 12.8. The number of hydrogen-bond donors (Lipinski definition) is 1. The average Bonchev–Trinajstić information content (AvgIpc) is 3.38. The van der Waals surface area contributed by atoms with Gasteiger partial charge in [0.15, 0.2) is 11.5 Å². The highest BCUT2D eigenvalue weighted by molar-refractivity contribution is 9.10. The van der Waals surface area contributed by atoms with E-state index in [9.17, 15) is 0 Å². The second kappa shape index (κ2) is 10.9. The minimum Gasteiger partial charge on any atom is -0.490 e. The van der Waals surface area contributed by atoms with Gasteiger partial charge in [-0.3, -0.25) is 4.99 Å². The summed E-state index contributed by atoms with van der Waals surface area (Å²) in [6.07, 6.45) is 8.65. The second-order valence-electron chi connectivity index (χ2n) is 9.53. The zero-order valence-corrected chi connectivity index (χ0v) is 22.7. The minimum absolute atomic E-state index is 0.290. The molecule has 1 heterocycles. The molecule has 2 aliphatic rings. The van der Waals surface area contributed by atoms with E-state index in [2.05, 4.69) is 89.7 Å². The van der Waals surface area contributed by atoms with Gasteiger partial charge in [-0.15, -0.1) is 0 Å². The number of anilines is 1. The Balaban J connectivity index is 1.34. The number of nitrogens with one attached hydrogen (secondary N) is 1. The van der Waals surface area contributed by atoms with Gasteiger partial charge >= 0.3 is 0 Å². The molecule has 0 unspecified atom stereocenters. The maximum atomic E-state index is 5.89. The number of ether oxygens (including phenoxy) is 2. The van der Waals surface area contributed by atoms with Crippen LogP contribution < -0.4 is 14.8 Å². The predicted octanol–water partition coefficient (Wildman–Crippen LogP) is 8.52. The van der Waals surface area contributed by atoms with Crippen molar-refractivity contribution in [1.29, 1.82) is 0 Å². The van der Waals surface area contributed by atoms with E-state index in [1.54, 1.807) is 0 Å². The van der Waals surface area contributed by atoms with Crippen LogP contribution in [0, 0.1) is 12.8 Å². The summed E-state index contributed by atoms with van der Waals surface area (Å²) in [6, 6.07) is 19.7. The molecule has 1 aliphatic carbocycles. The molecular formula is C31H33BrN2O2. The lowest BCUT2D eigenvalue weighted by Crippen LogP contribution is -2.29. The van der Waals surface area contributed by atoms with Gasteiger partial charge in [0.25, 0.3) is 0 Å². The van der Waals surface area contributed by atoms with Gasteiger partial charge < -0.3 is 14.8 Å². The Kier molecular flexibility index (Phi) is 7.47. The van der Waals surface area contributed by atoms with Crippen LogP contribution in [0.5, 0.6) is 11.5 Å². The Morgan fingerprint density at radius 3 is 2.67 bits per heavy atom. The van der Waals surface area contributed by atoms with E-state index in [4.69, 9.17) is 14.5 Å². The molecule has 0 radical (unpaired) electrons. The van der Waals surface area contributed by atoms with Crippen molar-refractivity contribution in [2.75, 3.05) is 18.5 Å². The quantitative estimate of drug-likeness (QED) is 0.228. The van der Waals surface area contributed by atoms with Crippen molar-refractivity contribution >= 4 is 33.5 Å². The maximum Gasteiger partial charge on any atom is 0.175 e. The smallest absolute Gasteiger partial charge is 0.175 e. The molecule has 3 atom stereocenters. The van der Waals surface area contributed by atoms with Gasteiger partial charge in [-0.25, -0.2) is 0 Å². The molecule has 0 saturated carbocycles. The normalized spacial score (nSPS) is 20.2. The Hall–Kier alpha value is -3.05. The summed E-state index contributed by atoms with van der Waals surface area (Å²) in [6.45, 7) is 7.47. The summed E-state index contributed by atoms with van der Waals surface area (Å²) in [5.41, 5.74) is 7.18. The molecule has 36 heavy (non-hydrogen) atoms. The van der Waals surface area contributed by atoms with Crippen molar-refractivity contribution in [2.45, 2.75) is 45.6 Å². The number of aliphatic imine (C=N–C) groups is 1. The molecule has 0 spiro atoms. The topological polar surface area (TPSA) is 42.8 Å². The number of hydrogen-bond acceptors (Lipinski definition) is 4. The van der Waals surface area contributed by atoms with E-state index >= 15 is 0 Å². The van der Waals surface area contributed by atoms with Crippen molar-refractivity contribution in [2.24, 2.45) is 10.9 Å². The van der Waals surface area contributed by atoms with Crippen LogP contribution in [0.15, 0.2) is 76.2 Å². The van der Waals surface area contributed by atoms with E-state index in [1.165, 1.54) is 22.4 Å². The van der Waals surface area contributed by atoms with E-state index in [0.717, 1.165) is 40.1 Å². The lowest BCUT2D eigenvalue weighted by Gasteiger charge is -2.37. The summed E-state index contributed by atoms with van der Waals surface area (Å²) in [5, 5.41) is 3.82. The molecule has 0 bridgehead atoms. The highest BCUT2D eigenvalue weighted by Gasteiger charge is 2.37. The zero-order chi connectivity index (χ0) is 25.1. The highest BCUT2D eigenvalue weighted by atomic mass is 79.9. The summed E-state index contributed by atoms with van der Waals surface area (Å²) >= 11 is 3.64. The molecule has 0 saturated heterocycles. The van der Waals surface area contributed by atoms with E-state index in [1.807, 2.05) is 25.3 Å². The maximum absolute atomic E-state index is 5.89. The van der Waals surface area contributed by atoms with Crippen LogP contribution >= 0.6 is 15.9 Å². The first kappa shape index (κ1) is 24.6. The number of allylic oxidation sites excluding steroid dienone is 2. The molecular weight excluding hydrogens is 512 g/mol. The number of nitrogens with zero attached hydrogens (tertiary/aromatic N) is 1. The van der Waals surface area contributed by atoms with Gasteiger partial charge in [-0.1, -0.05) is 48.9 Å². The van der Waals surface area contributed by atoms with E-state index in [-0.39, 0.29) is 0 Å². The molecule has 4 nitrogen and oxygen atoms in total. The standard InChI is InChI=1S/C31H33BrN2O2/c1-4-15-36-31-27(32)17-21(18-29(31)35-5-2)19-33-23-12-10-22(11-13-23)30-25-8-6-7-24(25)26-16-20(3)9-14-28(26)34-30/h6-7,9-14,16-19,24-25,30,34H,4-5,8,15H2,1-3H3/t24-,25-,30+/m1/s1. The van der Waals surface area contributed by atoms with Gasteiger partial charge in [0.05, 0.1) is 29.4 Å². The second-order valence-corrected chi connectivity index (χ2v) is 10.4. The van der Waals surface area contributed by atoms with Crippen molar-refractivity contribution in [1.82, 2.24) is 0 Å². The summed E-state index contributed by atoms with van der Waals surface area (Å²) in [5.74, 6) is 2.50. The highest BCUT2D eigenvalue weighted by Crippen LogP contribution is 2.50. The van der Waals surface area contributed by atoms with Crippen LogP contribution in [0.1, 0.15) is 60.9 Å². The molecule has 5 heteroatoms. The summed E-state index contributed by atoms with van der Waals surface area (Å²) in [7, 11) is 0. The van der Waals surface area contributed by atoms with Crippen LogP contribution in [-0.2, 0) is 0 Å². The molecule has 0 aromatic heterocycles. The van der Waals surface area contributed by atoms with E-state index < -0.39 is 0 Å². The van der Waals surface area contributed by atoms with Crippen molar-refractivity contribution in [3.8, 4) is 11.5 Å². The Labute approximate surface area is 222 Å². The zero-order valence-electron chi connectivity index (χ0n) is 21.1. The lowest BCUT2D eigenvalue weighted by atomic mass is 9.76. The third-order valence-electron chi connectivity index (χ3n) is 6.92. The largest absolute Gasteiger partial charge is 0.490 e.